The molecule has 4 aliphatic rings. The van der Waals surface area contributed by atoms with Crippen LogP contribution in [0.15, 0.2) is 17.3 Å². The fourth-order valence-corrected chi connectivity index (χ4v) is 7.22. The molecule has 2 amide bonds. The van der Waals surface area contributed by atoms with Crippen molar-refractivity contribution in [1.29, 1.82) is 0 Å². The standard InChI is InChI=1S/C38H52ClN3O9/c1-36(2,3)33(40-35(47)50-37(4,5)6)34(46)42-20-38(18-26(41-51-38)24-16-25(39)31(49-8)17-30(24)48-7)19-27(42)28(43)15-23(13-21-9-10-21)32(45)29(44)14-22-11-12-22/h16-17,21-23,27,33H,9-15,18-20H2,1-8H3,(H,40,47)/t23-,27+,33-,38-/m1/s1. The Balaban J connectivity index is 1.44. The molecule has 280 valence electrons. The number of nitrogens with zero attached hydrogens (tertiary/aromatic N) is 2. The molecular weight excluding hydrogens is 678 g/mol. The van der Waals surface area contributed by atoms with Crippen molar-refractivity contribution in [1.82, 2.24) is 10.2 Å². The van der Waals surface area contributed by atoms with Gasteiger partial charge in [0.2, 0.25) is 11.7 Å². The molecule has 12 nitrogen and oxygen atoms in total. The number of carbonyl (C=O) groups is 5. The Morgan fingerprint density at radius 2 is 1.65 bits per heavy atom. The average molecular weight is 730 g/mol. The maximum Gasteiger partial charge on any atom is 0.408 e. The smallest absolute Gasteiger partial charge is 0.408 e. The van der Waals surface area contributed by atoms with Gasteiger partial charge < -0.3 is 29.3 Å². The molecule has 0 aromatic heterocycles. The zero-order valence-electron chi connectivity index (χ0n) is 31.1. The van der Waals surface area contributed by atoms with Crippen LogP contribution < -0.4 is 14.8 Å². The van der Waals surface area contributed by atoms with Crippen molar-refractivity contribution in [3.63, 3.8) is 0 Å². The van der Waals surface area contributed by atoms with Gasteiger partial charge in [0.25, 0.3) is 0 Å². The largest absolute Gasteiger partial charge is 0.496 e. The lowest BCUT2D eigenvalue weighted by molar-refractivity contribution is -0.143. The predicted molar refractivity (Wildman–Crippen MR) is 190 cm³/mol. The highest BCUT2D eigenvalue weighted by Gasteiger charge is 2.56. The number of ether oxygens (including phenoxy) is 3. The van der Waals surface area contributed by atoms with Crippen LogP contribution in [0.4, 0.5) is 4.79 Å². The van der Waals surface area contributed by atoms with E-state index in [4.69, 9.17) is 30.6 Å². The molecule has 2 aliphatic carbocycles. The Bertz CT molecular complexity index is 1590. The maximum absolute atomic E-state index is 14.6. The number of ketones is 3. The highest BCUT2D eigenvalue weighted by Crippen LogP contribution is 2.44. The minimum absolute atomic E-state index is 0.00807. The summed E-state index contributed by atoms with van der Waals surface area (Å²) in [5, 5.41) is 7.51. The van der Waals surface area contributed by atoms with Crippen LogP contribution in [0.2, 0.25) is 5.02 Å². The first-order valence-corrected chi connectivity index (χ1v) is 18.3. The summed E-state index contributed by atoms with van der Waals surface area (Å²) in [6.45, 7) is 10.6. The Kier molecular flexibility index (Phi) is 11.2. The quantitative estimate of drug-likeness (QED) is 0.225. The number of oxime groups is 1. The molecule has 1 spiro atoms. The van der Waals surface area contributed by atoms with Crippen molar-refractivity contribution in [3.05, 3.63) is 22.7 Å². The molecule has 2 heterocycles. The van der Waals surface area contributed by atoms with Gasteiger partial charge in [-0.15, -0.1) is 0 Å². The summed E-state index contributed by atoms with van der Waals surface area (Å²) in [5.74, 6) is -1.02. The Labute approximate surface area is 305 Å². The van der Waals surface area contributed by atoms with Gasteiger partial charge >= 0.3 is 6.09 Å². The molecule has 0 radical (unpaired) electrons. The molecule has 5 rings (SSSR count). The van der Waals surface area contributed by atoms with Crippen LogP contribution in [-0.4, -0.2) is 84.0 Å². The van der Waals surface area contributed by atoms with Crippen molar-refractivity contribution in [3.8, 4) is 11.5 Å². The first kappa shape index (κ1) is 38.6. The molecule has 2 saturated carbocycles. The molecule has 3 fully saturated rings. The molecule has 1 aromatic carbocycles. The second-order valence-electron chi connectivity index (χ2n) is 16.8. The third-order valence-corrected chi connectivity index (χ3v) is 10.3. The second-order valence-corrected chi connectivity index (χ2v) is 17.2. The van der Waals surface area contributed by atoms with Crippen molar-refractivity contribution >= 4 is 46.7 Å². The molecule has 13 heteroatoms. The number of hydrogen-bond acceptors (Lipinski definition) is 10. The van der Waals surface area contributed by atoms with Crippen molar-refractivity contribution in [2.24, 2.45) is 28.3 Å². The van der Waals surface area contributed by atoms with E-state index in [1.165, 1.54) is 19.1 Å². The molecular formula is C38H52ClN3O9. The molecule has 51 heavy (non-hydrogen) atoms. The summed E-state index contributed by atoms with van der Waals surface area (Å²) in [6.07, 6.45) is 3.90. The third kappa shape index (κ3) is 9.42. The van der Waals surface area contributed by atoms with E-state index >= 15 is 0 Å². The zero-order chi connectivity index (χ0) is 37.5. The first-order chi connectivity index (χ1) is 23.8. The number of alkyl carbamates (subject to hydrolysis) is 1. The van der Waals surface area contributed by atoms with Gasteiger partial charge in [0.15, 0.2) is 17.2 Å². The number of likely N-dealkylation sites (tertiary alicyclic amines) is 1. The molecule has 2 aliphatic heterocycles. The van der Waals surface area contributed by atoms with Crippen LogP contribution in [0.1, 0.15) is 105 Å². The molecule has 1 aromatic rings. The van der Waals surface area contributed by atoms with Gasteiger partial charge in [-0.05, 0) is 63.4 Å². The van der Waals surface area contributed by atoms with Gasteiger partial charge in [-0.1, -0.05) is 50.4 Å². The highest BCUT2D eigenvalue weighted by molar-refractivity contribution is 6.38. The number of rotatable bonds is 14. The SMILES string of the molecule is COc1cc(OC)c(C2=NO[C@]3(C2)C[C@@H](C(=O)C[C@@H](CC2CC2)C(=O)C(=O)CC2CC2)N(C(=O)[C@@H](NC(=O)OC(C)(C)C)C(C)(C)C)C3)cc1Cl. The van der Waals surface area contributed by atoms with Crippen LogP contribution in [0.25, 0.3) is 0 Å². The van der Waals surface area contributed by atoms with Crippen molar-refractivity contribution in [2.45, 2.75) is 123 Å². The van der Waals surface area contributed by atoms with E-state index in [1.807, 2.05) is 20.8 Å². The van der Waals surface area contributed by atoms with E-state index in [0.717, 1.165) is 25.7 Å². The topological polar surface area (TPSA) is 150 Å². The number of carbonyl (C=O) groups excluding carboxylic acids is 5. The monoisotopic (exact) mass is 729 g/mol. The molecule has 0 bridgehead atoms. The molecule has 1 saturated heterocycles. The van der Waals surface area contributed by atoms with Crippen molar-refractivity contribution in [2.75, 3.05) is 20.8 Å². The van der Waals surface area contributed by atoms with Crippen LogP contribution in [0, 0.1) is 23.2 Å². The van der Waals surface area contributed by atoms with Gasteiger partial charge in [0.05, 0.1) is 37.5 Å². The van der Waals surface area contributed by atoms with E-state index < -0.39 is 58.2 Å². The number of benzene rings is 1. The lowest BCUT2D eigenvalue weighted by Gasteiger charge is -2.36. The van der Waals surface area contributed by atoms with Gasteiger partial charge in [-0.2, -0.15) is 0 Å². The molecule has 0 unspecified atom stereocenters. The van der Waals surface area contributed by atoms with Crippen LogP contribution in [0.5, 0.6) is 11.5 Å². The zero-order valence-corrected chi connectivity index (χ0v) is 31.8. The summed E-state index contributed by atoms with van der Waals surface area (Å²) in [4.78, 5) is 76.0. The summed E-state index contributed by atoms with van der Waals surface area (Å²) in [5.41, 5.74) is -1.57. The van der Waals surface area contributed by atoms with E-state index in [-0.39, 0.29) is 43.9 Å². The minimum atomic E-state index is -1.09. The van der Waals surface area contributed by atoms with Gasteiger partial charge in [0, 0.05) is 43.2 Å². The fourth-order valence-electron chi connectivity index (χ4n) is 6.98. The van der Waals surface area contributed by atoms with Crippen LogP contribution in [-0.2, 0) is 28.8 Å². The van der Waals surface area contributed by atoms with E-state index in [1.54, 1.807) is 32.9 Å². The fraction of sp³-hybridized carbons (Fsp3) is 0.684. The summed E-state index contributed by atoms with van der Waals surface area (Å²) in [6, 6.07) is 1.27. The van der Waals surface area contributed by atoms with E-state index in [9.17, 15) is 24.0 Å². The van der Waals surface area contributed by atoms with Crippen LogP contribution >= 0.6 is 11.6 Å². The number of hydrogen-bond donors (Lipinski definition) is 1. The first-order valence-electron chi connectivity index (χ1n) is 17.9. The Hall–Kier alpha value is -3.67. The normalized spacial score (nSPS) is 22.9. The Morgan fingerprint density at radius 3 is 2.22 bits per heavy atom. The lowest BCUT2D eigenvalue weighted by Crippen LogP contribution is -2.57. The summed E-state index contributed by atoms with van der Waals surface area (Å²) >= 11 is 6.47. The summed E-state index contributed by atoms with van der Waals surface area (Å²) < 4.78 is 16.5. The predicted octanol–water partition coefficient (Wildman–Crippen LogP) is 6.07. The van der Waals surface area contributed by atoms with Gasteiger partial charge in [0.1, 0.15) is 23.1 Å². The van der Waals surface area contributed by atoms with Gasteiger partial charge in [-0.25, -0.2) is 4.79 Å². The number of methoxy groups -OCH3 is 2. The van der Waals surface area contributed by atoms with E-state index in [2.05, 4.69) is 10.5 Å². The second kappa shape index (κ2) is 14.8. The maximum atomic E-state index is 14.6. The number of amides is 2. The summed E-state index contributed by atoms with van der Waals surface area (Å²) in [7, 11) is 3.02. The number of nitrogens with one attached hydrogen (secondary N) is 1. The molecule has 4 atom stereocenters. The minimum Gasteiger partial charge on any atom is -0.496 e. The van der Waals surface area contributed by atoms with E-state index in [0.29, 0.717) is 40.1 Å². The van der Waals surface area contributed by atoms with Crippen LogP contribution in [0.3, 0.4) is 0 Å². The average Bonchev–Trinajstić information content (AvgIpc) is 3.97. The number of halogens is 1. The third-order valence-electron chi connectivity index (χ3n) is 10.0. The lowest BCUT2D eigenvalue weighted by atomic mass is 9.84. The van der Waals surface area contributed by atoms with Crippen molar-refractivity contribution < 1.29 is 43.0 Å². The highest BCUT2D eigenvalue weighted by atomic mass is 35.5. The van der Waals surface area contributed by atoms with Gasteiger partial charge in [-0.3, -0.25) is 19.2 Å². The number of Topliss-reactive ketones (excluding diaryl/α,β-unsaturated/α-hetero) is 3. The molecule has 1 N–H and O–H groups in total. The Morgan fingerprint density at radius 1 is 1.00 bits per heavy atom.